The number of carbonyl (C=O) groups excluding carboxylic acids is 2. The Hall–Kier alpha value is -2.07. The van der Waals surface area contributed by atoms with E-state index in [4.69, 9.17) is 0 Å². The van der Waals surface area contributed by atoms with Crippen LogP contribution in [0.4, 0.5) is 0 Å². The zero-order valence-electron chi connectivity index (χ0n) is 19.3. The molecule has 0 radical (unpaired) electrons. The molecule has 1 unspecified atom stereocenters. The highest BCUT2D eigenvalue weighted by Crippen LogP contribution is 2.64. The van der Waals surface area contributed by atoms with Crippen molar-refractivity contribution < 1.29 is 13.8 Å². The summed E-state index contributed by atoms with van der Waals surface area (Å²) in [7, 11) is -1.14. The standard InChI is InChI=1S/C28H32O3S/c1-18(29)26-19(17-32(31)22-7-5-4-6-8-22)15-25-23-10-9-20-16-21(30)11-13-27(20,2)24(23)12-14-28(25,26)3/h4-8,12,16,23,25H,9-11,13-15,17H2,1-3H3/t23-,25+,27+,28+,32?/m1/s1. The molecular formula is C28H32O3S. The molecule has 4 aliphatic carbocycles. The Bertz CT molecular complexity index is 1110. The number of allylic oxidation sites excluding steroid dienone is 5. The minimum Gasteiger partial charge on any atom is -0.295 e. The van der Waals surface area contributed by atoms with Crippen molar-refractivity contribution in [3.8, 4) is 0 Å². The summed E-state index contributed by atoms with van der Waals surface area (Å²) >= 11 is 0. The average molecular weight is 449 g/mol. The first-order valence-corrected chi connectivity index (χ1v) is 13.2. The molecule has 0 aliphatic heterocycles. The van der Waals surface area contributed by atoms with Crippen LogP contribution in [0.1, 0.15) is 59.3 Å². The number of hydrogen-bond acceptors (Lipinski definition) is 3. The Balaban J connectivity index is 1.49. The van der Waals surface area contributed by atoms with Gasteiger partial charge in [-0.3, -0.25) is 13.8 Å². The van der Waals surface area contributed by atoms with Crippen LogP contribution >= 0.6 is 0 Å². The minimum absolute atomic E-state index is 0.00977. The SMILES string of the molecule is CC(=O)C1=C(CS(=O)c2ccccc2)C[C@H]2[C@@H]3CCC4=CC(=O)CC[C@]4(C)C3=CC[C@]12C. The molecule has 0 amide bonds. The average Bonchev–Trinajstić information content (AvgIpc) is 3.06. The summed E-state index contributed by atoms with van der Waals surface area (Å²) in [4.78, 5) is 25.8. The molecule has 168 valence electrons. The summed E-state index contributed by atoms with van der Waals surface area (Å²) in [6.45, 7) is 6.27. The van der Waals surface area contributed by atoms with Crippen LogP contribution in [0.3, 0.4) is 0 Å². The summed E-state index contributed by atoms with van der Waals surface area (Å²) in [6.07, 6.45) is 9.58. The second kappa shape index (κ2) is 7.76. The van der Waals surface area contributed by atoms with E-state index in [1.165, 1.54) is 11.1 Å². The fraction of sp³-hybridized carbons (Fsp3) is 0.500. The van der Waals surface area contributed by atoms with Gasteiger partial charge in [-0.1, -0.05) is 49.3 Å². The van der Waals surface area contributed by atoms with Crippen LogP contribution in [0.2, 0.25) is 0 Å². The predicted molar refractivity (Wildman–Crippen MR) is 127 cm³/mol. The van der Waals surface area contributed by atoms with E-state index < -0.39 is 10.8 Å². The van der Waals surface area contributed by atoms with Gasteiger partial charge in [0.25, 0.3) is 0 Å². The van der Waals surface area contributed by atoms with Gasteiger partial charge >= 0.3 is 0 Å². The van der Waals surface area contributed by atoms with Crippen molar-refractivity contribution in [2.75, 3.05) is 5.75 Å². The van der Waals surface area contributed by atoms with Crippen LogP contribution in [-0.4, -0.2) is 21.5 Å². The monoisotopic (exact) mass is 448 g/mol. The van der Waals surface area contributed by atoms with Gasteiger partial charge in [0, 0.05) is 33.5 Å². The van der Waals surface area contributed by atoms with E-state index in [-0.39, 0.29) is 22.4 Å². The Kier molecular flexibility index (Phi) is 5.28. The first-order valence-electron chi connectivity index (χ1n) is 11.9. The van der Waals surface area contributed by atoms with E-state index in [2.05, 4.69) is 19.9 Å². The van der Waals surface area contributed by atoms with Crippen molar-refractivity contribution in [1.29, 1.82) is 0 Å². The molecular weight excluding hydrogens is 416 g/mol. The van der Waals surface area contributed by atoms with E-state index in [1.807, 2.05) is 36.4 Å². The van der Waals surface area contributed by atoms with Crippen LogP contribution in [0.15, 0.2) is 69.7 Å². The van der Waals surface area contributed by atoms with Gasteiger partial charge in [0.15, 0.2) is 11.6 Å². The zero-order chi connectivity index (χ0) is 22.7. The smallest absolute Gasteiger partial charge is 0.156 e. The third kappa shape index (κ3) is 3.25. The Labute approximate surface area is 193 Å². The third-order valence-electron chi connectivity index (χ3n) is 8.78. The van der Waals surface area contributed by atoms with Gasteiger partial charge in [-0.15, -0.1) is 0 Å². The minimum atomic E-state index is -1.14. The fourth-order valence-electron chi connectivity index (χ4n) is 7.25. The molecule has 0 saturated heterocycles. The predicted octanol–water partition coefficient (Wildman–Crippen LogP) is 5.74. The summed E-state index contributed by atoms with van der Waals surface area (Å²) in [6, 6.07) is 9.59. The van der Waals surface area contributed by atoms with Crippen molar-refractivity contribution in [3.63, 3.8) is 0 Å². The number of carbonyl (C=O) groups is 2. The highest BCUT2D eigenvalue weighted by molar-refractivity contribution is 7.85. The van der Waals surface area contributed by atoms with Gasteiger partial charge in [0.05, 0.1) is 10.8 Å². The van der Waals surface area contributed by atoms with Crippen molar-refractivity contribution in [2.24, 2.45) is 22.7 Å². The lowest BCUT2D eigenvalue weighted by Crippen LogP contribution is -2.44. The topological polar surface area (TPSA) is 51.2 Å². The van der Waals surface area contributed by atoms with Crippen molar-refractivity contribution in [2.45, 2.75) is 64.2 Å². The molecule has 4 aliphatic rings. The summed E-state index contributed by atoms with van der Waals surface area (Å²) in [5.74, 6) is 1.66. The van der Waals surface area contributed by atoms with Crippen LogP contribution in [0, 0.1) is 22.7 Å². The largest absolute Gasteiger partial charge is 0.295 e. The van der Waals surface area contributed by atoms with Crippen LogP contribution in [0.25, 0.3) is 0 Å². The lowest BCUT2D eigenvalue weighted by Gasteiger charge is -2.53. The highest BCUT2D eigenvalue weighted by Gasteiger charge is 2.55. The number of Topliss-reactive ketones (excluding diaryl/α,β-unsaturated/α-hetero) is 1. The second-order valence-electron chi connectivity index (χ2n) is 10.5. The van der Waals surface area contributed by atoms with Crippen LogP contribution < -0.4 is 0 Å². The van der Waals surface area contributed by atoms with E-state index in [0.717, 1.165) is 48.1 Å². The zero-order valence-corrected chi connectivity index (χ0v) is 20.1. The molecule has 5 atom stereocenters. The van der Waals surface area contributed by atoms with E-state index in [1.54, 1.807) is 6.92 Å². The van der Waals surface area contributed by atoms with Crippen LogP contribution in [0.5, 0.6) is 0 Å². The van der Waals surface area contributed by atoms with Crippen molar-refractivity contribution >= 4 is 22.4 Å². The third-order valence-corrected chi connectivity index (χ3v) is 10.2. The van der Waals surface area contributed by atoms with E-state index >= 15 is 0 Å². The molecule has 4 heteroatoms. The van der Waals surface area contributed by atoms with Gasteiger partial charge in [0.1, 0.15) is 0 Å². The molecule has 5 rings (SSSR count). The molecule has 0 N–H and O–H groups in total. The number of hydrogen-bond donors (Lipinski definition) is 0. The molecule has 1 saturated carbocycles. The first kappa shape index (κ1) is 21.8. The lowest BCUT2D eigenvalue weighted by atomic mass is 9.51. The van der Waals surface area contributed by atoms with E-state index in [0.29, 0.717) is 24.0 Å². The Morgan fingerprint density at radius 2 is 1.91 bits per heavy atom. The first-order chi connectivity index (χ1) is 15.2. The lowest BCUT2D eigenvalue weighted by molar-refractivity contribution is -0.116. The van der Waals surface area contributed by atoms with Gasteiger partial charge in [-0.2, -0.15) is 0 Å². The van der Waals surface area contributed by atoms with Gasteiger partial charge in [0.2, 0.25) is 0 Å². The van der Waals surface area contributed by atoms with Gasteiger partial charge in [-0.05, 0) is 74.6 Å². The maximum Gasteiger partial charge on any atom is 0.156 e. The summed E-state index contributed by atoms with van der Waals surface area (Å²) in [5.41, 5.74) is 4.66. The molecule has 1 fully saturated rings. The quantitative estimate of drug-likeness (QED) is 0.552. The molecule has 0 aromatic heterocycles. The van der Waals surface area contributed by atoms with Crippen LogP contribution in [-0.2, 0) is 20.4 Å². The van der Waals surface area contributed by atoms with Crippen molar-refractivity contribution in [1.82, 2.24) is 0 Å². The normalized spacial score (nSPS) is 34.8. The Morgan fingerprint density at radius 1 is 1.16 bits per heavy atom. The summed E-state index contributed by atoms with van der Waals surface area (Å²) in [5, 5.41) is 0. The number of fused-ring (bicyclic) bond motifs is 5. The number of rotatable bonds is 4. The molecule has 3 nitrogen and oxygen atoms in total. The maximum absolute atomic E-state index is 13.1. The number of ketones is 2. The molecule has 32 heavy (non-hydrogen) atoms. The van der Waals surface area contributed by atoms with Gasteiger partial charge < -0.3 is 0 Å². The van der Waals surface area contributed by atoms with E-state index in [9.17, 15) is 13.8 Å². The highest BCUT2D eigenvalue weighted by atomic mass is 32.2. The number of benzene rings is 1. The fourth-order valence-corrected chi connectivity index (χ4v) is 8.45. The molecule has 0 heterocycles. The molecule has 0 bridgehead atoms. The molecule has 1 aromatic carbocycles. The van der Waals surface area contributed by atoms with Crippen molar-refractivity contribution in [3.05, 3.63) is 64.8 Å². The van der Waals surface area contributed by atoms with Gasteiger partial charge in [-0.25, -0.2) is 0 Å². The summed E-state index contributed by atoms with van der Waals surface area (Å²) < 4.78 is 13.1. The maximum atomic E-state index is 13.1. The molecule has 1 aromatic rings. The molecule has 0 spiro atoms. The second-order valence-corrected chi connectivity index (χ2v) is 12.0. The Morgan fingerprint density at radius 3 is 2.62 bits per heavy atom.